The third kappa shape index (κ3) is 2.88. The van der Waals surface area contributed by atoms with Crippen LogP contribution in [0.1, 0.15) is 0 Å². The molecule has 0 aromatic rings. The Balaban J connectivity index is 4.23. The molecule has 0 saturated carbocycles. The van der Waals surface area contributed by atoms with Crippen molar-refractivity contribution in [3.05, 3.63) is 6.17 Å². The predicted molar refractivity (Wildman–Crippen MR) is 26.0 cm³/mol. The standard InChI is InChI=1S/C3Cl2F5/c4-2(7,8)1(6)3(5,9)10. The van der Waals surface area contributed by atoms with E-state index in [1.807, 2.05) is 0 Å². The fourth-order valence-electron chi connectivity index (χ4n) is 0.161. The summed E-state index contributed by atoms with van der Waals surface area (Å²) in [5.41, 5.74) is 0. The van der Waals surface area contributed by atoms with Crippen LogP contribution >= 0.6 is 23.2 Å². The SMILES string of the molecule is F[C](C(F)(F)Cl)C(F)(F)Cl. The lowest BCUT2D eigenvalue weighted by Gasteiger charge is -2.15. The third-order valence-electron chi connectivity index (χ3n) is 0.498. The molecule has 0 saturated heterocycles. The van der Waals surface area contributed by atoms with Crippen LogP contribution in [0.4, 0.5) is 22.0 Å². The quantitative estimate of drug-likeness (QED) is 0.476. The van der Waals surface area contributed by atoms with Crippen LogP contribution in [0, 0.1) is 6.17 Å². The maximum atomic E-state index is 11.6. The first-order valence-electron chi connectivity index (χ1n) is 1.82. The van der Waals surface area contributed by atoms with E-state index < -0.39 is 16.9 Å². The fraction of sp³-hybridized carbons (Fsp3) is 0.667. The summed E-state index contributed by atoms with van der Waals surface area (Å²) in [5.74, 6) is 0. The third-order valence-corrected chi connectivity index (χ3v) is 0.830. The summed E-state index contributed by atoms with van der Waals surface area (Å²) in [6, 6.07) is 0. The van der Waals surface area contributed by atoms with Crippen molar-refractivity contribution < 1.29 is 22.0 Å². The van der Waals surface area contributed by atoms with Gasteiger partial charge in [-0.2, -0.15) is 17.6 Å². The van der Waals surface area contributed by atoms with Crippen LogP contribution in [-0.2, 0) is 0 Å². The predicted octanol–water partition coefficient (Wildman–Crippen LogP) is 3.15. The van der Waals surface area contributed by atoms with Gasteiger partial charge < -0.3 is 0 Å². The van der Waals surface area contributed by atoms with Gasteiger partial charge in [-0.3, -0.25) is 0 Å². The normalized spacial score (nSPS) is 14.4. The molecule has 0 aliphatic heterocycles. The summed E-state index contributed by atoms with van der Waals surface area (Å²) in [7, 11) is 0. The van der Waals surface area contributed by atoms with E-state index in [1.54, 1.807) is 0 Å². The van der Waals surface area contributed by atoms with Crippen molar-refractivity contribution in [1.82, 2.24) is 0 Å². The van der Waals surface area contributed by atoms with E-state index >= 15 is 0 Å². The molecule has 0 aliphatic carbocycles. The van der Waals surface area contributed by atoms with E-state index in [1.165, 1.54) is 0 Å². The molecule has 0 N–H and O–H groups in total. The minimum absolute atomic E-state index is 3.07. The molecule has 0 unspecified atom stereocenters. The molecular formula is C3Cl2F5. The maximum Gasteiger partial charge on any atom is 0.366 e. The maximum absolute atomic E-state index is 11.6. The molecule has 0 fully saturated rings. The van der Waals surface area contributed by atoms with Gasteiger partial charge in [0.2, 0.25) is 0 Å². The Morgan fingerprint density at radius 2 is 1.10 bits per heavy atom. The van der Waals surface area contributed by atoms with Gasteiger partial charge in [-0.05, 0) is 23.2 Å². The zero-order valence-electron chi connectivity index (χ0n) is 4.15. The van der Waals surface area contributed by atoms with Gasteiger partial charge in [0, 0.05) is 0 Å². The Morgan fingerprint density at radius 3 is 1.10 bits per heavy atom. The van der Waals surface area contributed by atoms with Gasteiger partial charge in [-0.25, -0.2) is 4.39 Å². The van der Waals surface area contributed by atoms with Gasteiger partial charge in [0.05, 0.1) is 0 Å². The van der Waals surface area contributed by atoms with E-state index in [0.717, 1.165) is 0 Å². The Hall–Kier alpha value is 0.230. The van der Waals surface area contributed by atoms with Gasteiger partial charge in [-0.15, -0.1) is 0 Å². The minimum atomic E-state index is -4.72. The first-order valence-corrected chi connectivity index (χ1v) is 2.58. The molecule has 0 amide bonds. The van der Waals surface area contributed by atoms with E-state index in [0.29, 0.717) is 0 Å². The average molecular weight is 202 g/mol. The van der Waals surface area contributed by atoms with Crippen molar-refractivity contribution in [2.24, 2.45) is 0 Å². The first-order chi connectivity index (χ1) is 4.15. The number of alkyl halides is 6. The number of hydrogen-bond donors (Lipinski definition) is 0. The number of halogens is 7. The monoisotopic (exact) mass is 201 g/mol. The second-order valence-electron chi connectivity index (χ2n) is 1.31. The lowest BCUT2D eigenvalue weighted by Crippen LogP contribution is -2.28. The van der Waals surface area contributed by atoms with Crippen LogP contribution in [0.15, 0.2) is 0 Å². The van der Waals surface area contributed by atoms with Crippen LogP contribution in [0.25, 0.3) is 0 Å². The molecule has 1 radical (unpaired) electrons. The van der Waals surface area contributed by atoms with E-state index in [2.05, 4.69) is 23.2 Å². The van der Waals surface area contributed by atoms with Gasteiger partial charge >= 0.3 is 16.9 Å². The fourth-order valence-corrected chi connectivity index (χ4v) is 0.446. The molecule has 10 heavy (non-hydrogen) atoms. The molecule has 0 spiro atoms. The van der Waals surface area contributed by atoms with Crippen LogP contribution in [0.2, 0.25) is 0 Å². The highest BCUT2D eigenvalue weighted by molar-refractivity contribution is 6.27. The Morgan fingerprint density at radius 1 is 0.900 bits per heavy atom. The number of rotatable bonds is 2. The number of hydrogen-bond acceptors (Lipinski definition) is 0. The molecule has 0 nitrogen and oxygen atoms in total. The lowest BCUT2D eigenvalue weighted by molar-refractivity contribution is -0.0290. The summed E-state index contributed by atoms with van der Waals surface area (Å²) >= 11 is 7.72. The largest absolute Gasteiger partial charge is 0.366 e. The highest BCUT2D eigenvalue weighted by Crippen LogP contribution is 2.44. The average Bonchev–Trinajstić information content (AvgIpc) is 1.59. The van der Waals surface area contributed by atoms with E-state index in [-0.39, 0.29) is 0 Å². The van der Waals surface area contributed by atoms with Crippen molar-refractivity contribution in [3.63, 3.8) is 0 Å². The molecular weight excluding hydrogens is 202 g/mol. The van der Waals surface area contributed by atoms with Gasteiger partial charge in [0.1, 0.15) is 0 Å². The highest BCUT2D eigenvalue weighted by Gasteiger charge is 2.55. The molecule has 0 bridgehead atoms. The summed E-state index contributed by atoms with van der Waals surface area (Å²) in [6.45, 7) is 0. The van der Waals surface area contributed by atoms with Crippen molar-refractivity contribution >= 4 is 23.2 Å². The first kappa shape index (κ1) is 10.2. The summed E-state index contributed by atoms with van der Waals surface area (Å²) in [6.07, 6.45) is -3.07. The van der Waals surface area contributed by atoms with Crippen LogP contribution in [0.3, 0.4) is 0 Å². The molecule has 0 heterocycles. The van der Waals surface area contributed by atoms with Crippen LogP contribution in [0.5, 0.6) is 0 Å². The molecule has 7 heteroatoms. The van der Waals surface area contributed by atoms with Gasteiger partial charge in [-0.1, -0.05) is 0 Å². The Labute approximate surface area is 62.9 Å². The highest BCUT2D eigenvalue weighted by atomic mass is 35.5. The molecule has 61 valence electrons. The lowest BCUT2D eigenvalue weighted by atomic mass is 10.4. The summed E-state index contributed by atoms with van der Waals surface area (Å²) in [4.78, 5) is 0. The molecule has 0 atom stereocenters. The molecule has 0 aliphatic rings. The molecule has 0 aromatic heterocycles. The smallest absolute Gasteiger partial charge is 0.223 e. The second-order valence-corrected chi connectivity index (χ2v) is 2.26. The Kier molecular flexibility index (Phi) is 2.76. The molecule has 0 aromatic carbocycles. The topological polar surface area (TPSA) is 0 Å². The zero-order valence-corrected chi connectivity index (χ0v) is 5.66. The van der Waals surface area contributed by atoms with E-state index in [9.17, 15) is 22.0 Å². The van der Waals surface area contributed by atoms with Gasteiger partial charge in [0.25, 0.3) is 0 Å². The van der Waals surface area contributed by atoms with Gasteiger partial charge in [0.15, 0.2) is 0 Å². The zero-order chi connectivity index (χ0) is 8.58. The van der Waals surface area contributed by atoms with Crippen molar-refractivity contribution in [1.29, 1.82) is 0 Å². The van der Waals surface area contributed by atoms with Crippen molar-refractivity contribution in [2.75, 3.05) is 0 Å². The van der Waals surface area contributed by atoms with Crippen LogP contribution in [-0.4, -0.2) is 10.8 Å². The minimum Gasteiger partial charge on any atom is -0.223 e. The van der Waals surface area contributed by atoms with Crippen molar-refractivity contribution in [2.45, 2.75) is 10.8 Å². The second kappa shape index (κ2) is 2.70. The van der Waals surface area contributed by atoms with Crippen molar-refractivity contribution in [3.8, 4) is 0 Å². The van der Waals surface area contributed by atoms with E-state index in [4.69, 9.17) is 0 Å². The summed E-state index contributed by atoms with van der Waals surface area (Å²) in [5, 5.41) is -9.43. The molecule has 0 rings (SSSR count). The Bertz CT molecular complexity index is 99.0. The van der Waals surface area contributed by atoms with Crippen LogP contribution < -0.4 is 0 Å². The summed E-state index contributed by atoms with van der Waals surface area (Å²) < 4.78 is 57.2.